The summed E-state index contributed by atoms with van der Waals surface area (Å²) < 4.78 is 13.2. The van der Waals surface area contributed by atoms with Gasteiger partial charge in [-0.1, -0.05) is 12.1 Å². The van der Waals surface area contributed by atoms with Crippen molar-refractivity contribution < 1.29 is 4.39 Å². The third-order valence-electron chi connectivity index (χ3n) is 1.95. The van der Waals surface area contributed by atoms with Crippen LogP contribution in [0.1, 0.15) is 5.56 Å². The fraction of sp³-hybridized carbons (Fsp3) is 0.0909. The predicted molar refractivity (Wildman–Crippen MR) is 56.5 cm³/mol. The minimum atomic E-state index is -0.459. The maximum Gasteiger partial charge on any atom is 0.184 e. The van der Waals surface area contributed by atoms with E-state index in [2.05, 4.69) is 15.3 Å². The van der Waals surface area contributed by atoms with Crippen LogP contribution < -0.4 is 5.32 Å². The second-order valence-corrected chi connectivity index (χ2v) is 3.21. The number of aromatic nitrogens is 2. The standard InChI is InChI=1S/C11H10FN3/c1-8-3-2-4-9(5-8)15-11-10(12)6-13-7-14-11/h2-7H,1H3,(H,13,14,15). The summed E-state index contributed by atoms with van der Waals surface area (Å²) in [5.74, 6) is -0.269. The minimum Gasteiger partial charge on any atom is -0.338 e. The lowest BCUT2D eigenvalue weighted by molar-refractivity contribution is 0.619. The van der Waals surface area contributed by atoms with Crippen LogP contribution in [-0.4, -0.2) is 9.97 Å². The van der Waals surface area contributed by atoms with Gasteiger partial charge in [0.1, 0.15) is 6.33 Å². The van der Waals surface area contributed by atoms with E-state index in [1.807, 2.05) is 31.2 Å². The maximum atomic E-state index is 13.2. The smallest absolute Gasteiger partial charge is 0.184 e. The van der Waals surface area contributed by atoms with E-state index < -0.39 is 5.82 Å². The minimum absolute atomic E-state index is 0.190. The van der Waals surface area contributed by atoms with Crippen molar-refractivity contribution in [3.63, 3.8) is 0 Å². The summed E-state index contributed by atoms with van der Waals surface area (Å²) in [6.07, 6.45) is 2.44. The second kappa shape index (κ2) is 4.04. The molecule has 0 aliphatic carbocycles. The van der Waals surface area contributed by atoms with Crippen LogP contribution >= 0.6 is 0 Å². The Labute approximate surface area is 87.0 Å². The number of aryl methyl sites for hydroxylation is 1. The third kappa shape index (κ3) is 2.28. The Balaban J connectivity index is 2.26. The Morgan fingerprint density at radius 1 is 1.33 bits per heavy atom. The average molecular weight is 203 g/mol. The van der Waals surface area contributed by atoms with Crippen LogP contribution in [0.4, 0.5) is 15.9 Å². The van der Waals surface area contributed by atoms with Crippen LogP contribution in [0, 0.1) is 12.7 Å². The van der Waals surface area contributed by atoms with E-state index in [1.54, 1.807) is 0 Å². The van der Waals surface area contributed by atoms with Gasteiger partial charge in [-0.2, -0.15) is 0 Å². The highest BCUT2D eigenvalue weighted by molar-refractivity contribution is 5.56. The number of rotatable bonds is 2. The SMILES string of the molecule is Cc1cccc(Nc2ncncc2F)c1. The molecule has 4 heteroatoms. The van der Waals surface area contributed by atoms with Crippen LogP contribution in [0.5, 0.6) is 0 Å². The first-order valence-electron chi connectivity index (χ1n) is 4.55. The highest BCUT2D eigenvalue weighted by atomic mass is 19.1. The van der Waals surface area contributed by atoms with E-state index in [-0.39, 0.29) is 5.82 Å². The van der Waals surface area contributed by atoms with Crippen molar-refractivity contribution in [2.24, 2.45) is 0 Å². The number of hydrogen-bond donors (Lipinski definition) is 1. The molecular formula is C11H10FN3. The average Bonchev–Trinajstić information content (AvgIpc) is 2.22. The second-order valence-electron chi connectivity index (χ2n) is 3.21. The number of halogens is 1. The number of benzene rings is 1. The summed E-state index contributed by atoms with van der Waals surface area (Å²) in [5, 5.41) is 2.89. The lowest BCUT2D eigenvalue weighted by Gasteiger charge is -2.06. The van der Waals surface area contributed by atoms with E-state index in [9.17, 15) is 4.39 Å². The summed E-state index contributed by atoms with van der Waals surface area (Å²) in [6, 6.07) is 7.65. The van der Waals surface area contributed by atoms with Gasteiger partial charge >= 0.3 is 0 Å². The molecule has 1 aromatic heterocycles. The number of nitrogens with zero attached hydrogens (tertiary/aromatic N) is 2. The molecule has 0 radical (unpaired) electrons. The summed E-state index contributed by atoms with van der Waals surface area (Å²) in [6.45, 7) is 1.97. The highest BCUT2D eigenvalue weighted by Gasteiger charge is 2.02. The Hall–Kier alpha value is -1.97. The summed E-state index contributed by atoms with van der Waals surface area (Å²) in [7, 11) is 0. The molecule has 76 valence electrons. The Kier molecular flexibility index (Phi) is 2.58. The van der Waals surface area contributed by atoms with E-state index >= 15 is 0 Å². The molecule has 0 bridgehead atoms. The van der Waals surface area contributed by atoms with Gasteiger partial charge in [0.15, 0.2) is 11.6 Å². The molecule has 2 aromatic rings. The molecule has 0 spiro atoms. The molecule has 0 fully saturated rings. The molecule has 0 aliphatic heterocycles. The molecule has 0 aliphatic rings. The van der Waals surface area contributed by atoms with Gasteiger partial charge in [-0.25, -0.2) is 14.4 Å². The zero-order chi connectivity index (χ0) is 10.7. The van der Waals surface area contributed by atoms with E-state index in [4.69, 9.17) is 0 Å². The Morgan fingerprint density at radius 3 is 2.93 bits per heavy atom. The van der Waals surface area contributed by atoms with Gasteiger partial charge in [0.05, 0.1) is 6.20 Å². The van der Waals surface area contributed by atoms with Crippen molar-refractivity contribution in [3.8, 4) is 0 Å². The Morgan fingerprint density at radius 2 is 2.20 bits per heavy atom. The highest BCUT2D eigenvalue weighted by Crippen LogP contribution is 2.16. The first kappa shape index (κ1) is 9.58. The largest absolute Gasteiger partial charge is 0.338 e. The number of anilines is 2. The molecule has 1 heterocycles. The van der Waals surface area contributed by atoms with Gasteiger partial charge in [0.25, 0.3) is 0 Å². The summed E-state index contributed by atoms with van der Waals surface area (Å²) in [5.41, 5.74) is 1.92. The molecule has 0 atom stereocenters. The van der Waals surface area contributed by atoms with Gasteiger partial charge in [0, 0.05) is 5.69 Å². The maximum absolute atomic E-state index is 13.2. The van der Waals surface area contributed by atoms with Crippen molar-refractivity contribution in [1.82, 2.24) is 9.97 Å². The van der Waals surface area contributed by atoms with Gasteiger partial charge < -0.3 is 5.32 Å². The molecule has 15 heavy (non-hydrogen) atoms. The third-order valence-corrected chi connectivity index (χ3v) is 1.95. The van der Waals surface area contributed by atoms with E-state index in [0.717, 1.165) is 17.4 Å². The van der Waals surface area contributed by atoms with Gasteiger partial charge in [-0.3, -0.25) is 0 Å². The lowest BCUT2D eigenvalue weighted by atomic mass is 10.2. The van der Waals surface area contributed by atoms with E-state index in [0.29, 0.717) is 0 Å². The molecular weight excluding hydrogens is 193 g/mol. The van der Waals surface area contributed by atoms with Crippen LogP contribution in [0.15, 0.2) is 36.8 Å². The van der Waals surface area contributed by atoms with Crippen LogP contribution in [-0.2, 0) is 0 Å². The molecule has 0 saturated carbocycles. The topological polar surface area (TPSA) is 37.8 Å². The van der Waals surface area contributed by atoms with Crippen LogP contribution in [0.25, 0.3) is 0 Å². The quantitative estimate of drug-likeness (QED) is 0.815. The molecule has 0 amide bonds. The molecule has 1 N–H and O–H groups in total. The molecule has 1 aromatic carbocycles. The molecule has 0 unspecified atom stereocenters. The predicted octanol–water partition coefficient (Wildman–Crippen LogP) is 2.67. The van der Waals surface area contributed by atoms with Crippen molar-refractivity contribution in [1.29, 1.82) is 0 Å². The first-order valence-corrected chi connectivity index (χ1v) is 4.55. The van der Waals surface area contributed by atoms with Gasteiger partial charge in [-0.15, -0.1) is 0 Å². The zero-order valence-electron chi connectivity index (χ0n) is 8.24. The fourth-order valence-electron chi connectivity index (χ4n) is 1.26. The summed E-state index contributed by atoms with van der Waals surface area (Å²) in [4.78, 5) is 7.38. The van der Waals surface area contributed by atoms with Gasteiger partial charge in [0.2, 0.25) is 0 Å². The Bertz CT molecular complexity index is 471. The summed E-state index contributed by atoms with van der Waals surface area (Å²) >= 11 is 0. The first-order chi connectivity index (χ1) is 7.25. The molecule has 3 nitrogen and oxygen atoms in total. The molecule has 0 saturated heterocycles. The van der Waals surface area contributed by atoms with Crippen molar-refractivity contribution in [3.05, 3.63) is 48.2 Å². The van der Waals surface area contributed by atoms with Gasteiger partial charge in [-0.05, 0) is 24.6 Å². The van der Waals surface area contributed by atoms with Crippen LogP contribution in [0.2, 0.25) is 0 Å². The van der Waals surface area contributed by atoms with E-state index in [1.165, 1.54) is 6.33 Å². The van der Waals surface area contributed by atoms with Crippen molar-refractivity contribution >= 4 is 11.5 Å². The monoisotopic (exact) mass is 203 g/mol. The lowest BCUT2D eigenvalue weighted by Crippen LogP contribution is -1.97. The number of nitrogens with one attached hydrogen (secondary N) is 1. The molecule has 2 rings (SSSR count). The fourth-order valence-corrected chi connectivity index (χ4v) is 1.26. The van der Waals surface area contributed by atoms with Crippen LogP contribution in [0.3, 0.4) is 0 Å². The van der Waals surface area contributed by atoms with Crippen molar-refractivity contribution in [2.45, 2.75) is 6.92 Å². The van der Waals surface area contributed by atoms with Crippen molar-refractivity contribution in [2.75, 3.05) is 5.32 Å². The number of hydrogen-bond acceptors (Lipinski definition) is 3. The normalized spacial score (nSPS) is 10.0. The zero-order valence-corrected chi connectivity index (χ0v) is 8.24.